The van der Waals surface area contributed by atoms with E-state index in [0.29, 0.717) is 13.2 Å². The molecule has 0 saturated carbocycles. The number of aliphatic carboxylic acids is 1. The summed E-state index contributed by atoms with van der Waals surface area (Å²) < 4.78 is 5.51. The minimum Gasteiger partial charge on any atom is -0.493 e. The number of urea groups is 1. The molecule has 1 aromatic carbocycles. The fourth-order valence-electron chi connectivity index (χ4n) is 1.96. The van der Waals surface area contributed by atoms with Crippen molar-refractivity contribution in [3.05, 3.63) is 29.8 Å². The Hall–Kier alpha value is -2.24. The van der Waals surface area contributed by atoms with Gasteiger partial charge >= 0.3 is 12.0 Å². The summed E-state index contributed by atoms with van der Waals surface area (Å²) in [6, 6.07) is 7.38. The minimum absolute atomic E-state index is 0.0806. The lowest BCUT2D eigenvalue weighted by molar-refractivity contribution is -0.136. The second-order valence-electron chi connectivity index (χ2n) is 4.33. The molecule has 1 atom stereocenters. The number of nitrogens with one attached hydrogen (secondary N) is 2. The second-order valence-corrected chi connectivity index (χ2v) is 4.33. The lowest BCUT2D eigenvalue weighted by Gasteiger charge is -2.11. The van der Waals surface area contributed by atoms with Gasteiger partial charge in [-0.25, -0.2) is 4.79 Å². The fourth-order valence-corrected chi connectivity index (χ4v) is 1.96. The van der Waals surface area contributed by atoms with Crippen molar-refractivity contribution in [1.82, 2.24) is 10.6 Å². The van der Waals surface area contributed by atoms with Crippen molar-refractivity contribution in [2.24, 2.45) is 0 Å². The summed E-state index contributed by atoms with van der Waals surface area (Å²) in [5, 5.41) is 13.7. The number of benzene rings is 1. The van der Waals surface area contributed by atoms with E-state index in [0.717, 1.165) is 11.3 Å². The summed E-state index contributed by atoms with van der Waals surface area (Å²) >= 11 is 0. The zero-order valence-corrected chi connectivity index (χ0v) is 10.4. The average Bonchev–Trinajstić information content (AvgIpc) is 2.79. The summed E-state index contributed by atoms with van der Waals surface area (Å²) in [6.07, 6.45) is -0.0806. The van der Waals surface area contributed by atoms with Crippen molar-refractivity contribution >= 4 is 12.0 Å². The summed E-state index contributed by atoms with van der Waals surface area (Å²) in [5.74, 6) is 0.0698. The summed E-state index contributed by atoms with van der Waals surface area (Å²) in [7, 11) is 0. The van der Waals surface area contributed by atoms with Crippen LogP contribution < -0.4 is 15.4 Å². The average molecular weight is 264 g/mol. The van der Waals surface area contributed by atoms with E-state index in [1.54, 1.807) is 0 Å². The maximum absolute atomic E-state index is 11.4. The molecular formula is C13H16N2O4. The first-order valence-electron chi connectivity index (χ1n) is 6.12. The zero-order valence-electron chi connectivity index (χ0n) is 10.4. The van der Waals surface area contributed by atoms with Crippen LogP contribution >= 0.6 is 0 Å². The van der Waals surface area contributed by atoms with Gasteiger partial charge < -0.3 is 20.5 Å². The van der Waals surface area contributed by atoms with Crippen LogP contribution in [0.3, 0.4) is 0 Å². The Labute approximate surface area is 110 Å². The highest BCUT2D eigenvalue weighted by Crippen LogP contribution is 2.32. The predicted octanol–water partition coefficient (Wildman–Crippen LogP) is 0.936. The van der Waals surface area contributed by atoms with Crippen LogP contribution in [0, 0.1) is 0 Å². The molecule has 0 aromatic heterocycles. The van der Waals surface area contributed by atoms with Gasteiger partial charge in [-0.2, -0.15) is 0 Å². The molecule has 0 saturated heterocycles. The monoisotopic (exact) mass is 264 g/mol. The molecule has 2 rings (SSSR count). The molecule has 0 fully saturated rings. The highest BCUT2D eigenvalue weighted by Gasteiger charge is 2.23. The molecule has 102 valence electrons. The molecule has 0 radical (unpaired) electrons. The standard InChI is InChI=1S/C13H16N2O4/c16-12(17)5-6-14-13(18)15-7-9-8-19-11-4-2-1-3-10(9)11/h1-4,9H,5-8H2,(H,16,17)(H2,14,15,18). The fraction of sp³-hybridized carbons (Fsp3) is 0.385. The normalized spacial score (nSPS) is 16.3. The summed E-state index contributed by atoms with van der Waals surface area (Å²) in [5.41, 5.74) is 1.09. The molecule has 3 N–H and O–H groups in total. The maximum Gasteiger partial charge on any atom is 0.314 e. The van der Waals surface area contributed by atoms with E-state index < -0.39 is 5.97 Å². The molecule has 1 aliphatic rings. The van der Waals surface area contributed by atoms with E-state index in [2.05, 4.69) is 10.6 Å². The Morgan fingerprint density at radius 3 is 2.89 bits per heavy atom. The van der Waals surface area contributed by atoms with E-state index >= 15 is 0 Å². The van der Waals surface area contributed by atoms with Crippen LogP contribution in [0.4, 0.5) is 4.79 Å². The van der Waals surface area contributed by atoms with Crippen LogP contribution in [-0.2, 0) is 4.79 Å². The highest BCUT2D eigenvalue weighted by atomic mass is 16.5. The first-order valence-corrected chi connectivity index (χ1v) is 6.12. The lowest BCUT2D eigenvalue weighted by Crippen LogP contribution is -2.38. The van der Waals surface area contributed by atoms with E-state index in [-0.39, 0.29) is 24.9 Å². The van der Waals surface area contributed by atoms with E-state index in [1.165, 1.54) is 0 Å². The number of amides is 2. The van der Waals surface area contributed by atoms with Gasteiger partial charge in [0.1, 0.15) is 5.75 Å². The van der Waals surface area contributed by atoms with Crippen molar-refractivity contribution in [2.75, 3.05) is 19.7 Å². The number of fused-ring (bicyclic) bond motifs is 1. The van der Waals surface area contributed by atoms with Gasteiger partial charge in [-0.3, -0.25) is 4.79 Å². The van der Waals surface area contributed by atoms with Crippen LogP contribution in [-0.4, -0.2) is 36.8 Å². The first-order chi connectivity index (χ1) is 9.16. The Morgan fingerprint density at radius 1 is 1.32 bits per heavy atom. The van der Waals surface area contributed by atoms with Gasteiger partial charge in [0.15, 0.2) is 0 Å². The number of carbonyl (C=O) groups excluding carboxylic acids is 1. The smallest absolute Gasteiger partial charge is 0.314 e. The number of para-hydroxylation sites is 1. The van der Waals surface area contributed by atoms with Gasteiger partial charge in [-0.05, 0) is 6.07 Å². The molecule has 6 nitrogen and oxygen atoms in total. The largest absolute Gasteiger partial charge is 0.493 e. The number of hydrogen-bond acceptors (Lipinski definition) is 3. The van der Waals surface area contributed by atoms with Crippen molar-refractivity contribution in [3.8, 4) is 5.75 Å². The third-order valence-electron chi connectivity index (χ3n) is 2.93. The Morgan fingerprint density at radius 2 is 2.11 bits per heavy atom. The molecule has 6 heteroatoms. The van der Waals surface area contributed by atoms with Crippen LogP contribution in [0.15, 0.2) is 24.3 Å². The van der Waals surface area contributed by atoms with Gasteiger partial charge in [0.2, 0.25) is 0 Å². The molecule has 19 heavy (non-hydrogen) atoms. The van der Waals surface area contributed by atoms with Crippen molar-refractivity contribution < 1.29 is 19.4 Å². The number of ether oxygens (including phenoxy) is 1. The van der Waals surface area contributed by atoms with E-state index in [9.17, 15) is 9.59 Å². The molecule has 1 aromatic rings. The molecule has 0 aliphatic carbocycles. The molecule has 1 unspecified atom stereocenters. The van der Waals surface area contributed by atoms with E-state index in [4.69, 9.17) is 9.84 Å². The zero-order chi connectivity index (χ0) is 13.7. The molecule has 0 bridgehead atoms. The topological polar surface area (TPSA) is 87.7 Å². The third-order valence-corrected chi connectivity index (χ3v) is 2.93. The van der Waals surface area contributed by atoms with Crippen LogP contribution in [0.25, 0.3) is 0 Å². The van der Waals surface area contributed by atoms with E-state index in [1.807, 2.05) is 24.3 Å². The number of carboxylic acids is 1. The molecular weight excluding hydrogens is 248 g/mol. The van der Waals surface area contributed by atoms with Crippen LogP contribution in [0.1, 0.15) is 17.9 Å². The molecule has 2 amide bonds. The molecule has 0 spiro atoms. The number of rotatable bonds is 5. The third kappa shape index (κ3) is 3.61. The van der Waals surface area contributed by atoms with Gasteiger partial charge in [0, 0.05) is 24.6 Å². The SMILES string of the molecule is O=C(O)CCNC(=O)NCC1COc2ccccc21. The Bertz CT molecular complexity index is 475. The van der Waals surface area contributed by atoms with Gasteiger partial charge in [0.05, 0.1) is 13.0 Å². The van der Waals surface area contributed by atoms with Crippen LogP contribution in [0.5, 0.6) is 5.75 Å². The summed E-state index contributed by atoms with van der Waals surface area (Å²) in [4.78, 5) is 21.7. The Balaban J connectivity index is 1.75. The lowest BCUT2D eigenvalue weighted by atomic mass is 10.0. The van der Waals surface area contributed by atoms with Crippen molar-refractivity contribution in [3.63, 3.8) is 0 Å². The van der Waals surface area contributed by atoms with Crippen LogP contribution in [0.2, 0.25) is 0 Å². The predicted molar refractivity (Wildman–Crippen MR) is 68.3 cm³/mol. The quantitative estimate of drug-likeness (QED) is 0.738. The molecule has 1 heterocycles. The first kappa shape index (κ1) is 13.2. The van der Waals surface area contributed by atoms with Gasteiger partial charge in [-0.15, -0.1) is 0 Å². The minimum atomic E-state index is -0.932. The number of carbonyl (C=O) groups is 2. The van der Waals surface area contributed by atoms with Gasteiger partial charge in [0.25, 0.3) is 0 Å². The number of hydrogen-bond donors (Lipinski definition) is 3. The van der Waals surface area contributed by atoms with Crippen molar-refractivity contribution in [2.45, 2.75) is 12.3 Å². The summed E-state index contributed by atoms with van der Waals surface area (Å²) in [6.45, 7) is 1.14. The van der Waals surface area contributed by atoms with Gasteiger partial charge in [-0.1, -0.05) is 18.2 Å². The second kappa shape index (κ2) is 6.08. The van der Waals surface area contributed by atoms with Crippen molar-refractivity contribution in [1.29, 1.82) is 0 Å². The maximum atomic E-state index is 11.4. The molecule has 1 aliphatic heterocycles. The Kier molecular flexibility index (Phi) is 4.22. The highest BCUT2D eigenvalue weighted by molar-refractivity contribution is 5.75. The number of carboxylic acid groups (broad SMARTS) is 1.